The Balaban J connectivity index is 1.37. The van der Waals surface area contributed by atoms with E-state index in [1.807, 2.05) is 37.3 Å². The number of carbonyl (C=O) groups is 1. The number of nitrogens with one attached hydrogen (secondary N) is 2. The van der Waals surface area contributed by atoms with Crippen molar-refractivity contribution in [2.24, 2.45) is 0 Å². The predicted molar refractivity (Wildman–Crippen MR) is 120 cm³/mol. The number of rotatable bonds is 7. The molecule has 0 bridgehead atoms. The summed E-state index contributed by atoms with van der Waals surface area (Å²) in [5, 5.41) is 7.09. The molecule has 1 aromatic heterocycles. The van der Waals surface area contributed by atoms with Gasteiger partial charge in [0.1, 0.15) is 11.3 Å². The van der Waals surface area contributed by atoms with Crippen LogP contribution in [0.2, 0.25) is 0 Å². The SMILES string of the molecule is C[C@H](N[C@H](C)c1cc2ccccc2o1)C(=O)Nc1ccc(S(=O)(=O)N2CCCC2)cc1. The molecule has 1 aliphatic heterocycles. The summed E-state index contributed by atoms with van der Waals surface area (Å²) >= 11 is 0. The van der Waals surface area contributed by atoms with E-state index in [1.165, 1.54) is 4.31 Å². The maximum atomic E-state index is 12.6. The molecule has 3 aromatic rings. The van der Waals surface area contributed by atoms with Crippen molar-refractivity contribution in [1.29, 1.82) is 0 Å². The van der Waals surface area contributed by atoms with Crippen molar-refractivity contribution < 1.29 is 17.6 Å². The van der Waals surface area contributed by atoms with Crippen molar-refractivity contribution >= 4 is 32.6 Å². The highest BCUT2D eigenvalue weighted by molar-refractivity contribution is 7.89. The number of benzene rings is 2. The average molecular weight is 442 g/mol. The number of hydrogen-bond acceptors (Lipinski definition) is 5. The minimum absolute atomic E-state index is 0.152. The Bertz CT molecular complexity index is 1130. The first-order valence-corrected chi connectivity index (χ1v) is 11.9. The van der Waals surface area contributed by atoms with Crippen LogP contribution in [0.1, 0.15) is 38.5 Å². The van der Waals surface area contributed by atoms with Crippen LogP contribution in [0.5, 0.6) is 0 Å². The first-order valence-electron chi connectivity index (χ1n) is 10.5. The molecule has 8 heteroatoms. The van der Waals surface area contributed by atoms with Gasteiger partial charge in [0, 0.05) is 24.2 Å². The summed E-state index contributed by atoms with van der Waals surface area (Å²) in [7, 11) is -3.46. The summed E-state index contributed by atoms with van der Waals surface area (Å²) in [4.78, 5) is 12.9. The van der Waals surface area contributed by atoms with Crippen LogP contribution in [-0.4, -0.2) is 37.8 Å². The van der Waals surface area contributed by atoms with E-state index in [1.54, 1.807) is 31.2 Å². The quantitative estimate of drug-likeness (QED) is 0.580. The molecule has 2 aromatic carbocycles. The zero-order valence-corrected chi connectivity index (χ0v) is 18.5. The molecule has 4 rings (SSSR count). The molecule has 7 nitrogen and oxygen atoms in total. The second-order valence-electron chi connectivity index (χ2n) is 7.92. The van der Waals surface area contributed by atoms with E-state index >= 15 is 0 Å². The number of fused-ring (bicyclic) bond motifs is 1. The van der Waals surface area contributed by atoms with Crippen molar-refractivity contribution in [2.75, 3.05) is 18.4 Å². The topological polar surface area (TPSA) is 91.6 Å². The largest absolute Gasteiger partial charge is 0.459 e. The molecule has 0 saturated carbocycles. The number of carbonyl (C=O) groups excluding carboxylic acids is 1. The molecular weight excluding hydrogens is 414 g/mol. The molecule has 164 valence electrons. The van der Waals surface area contributed by atoms with Gasteiger partial charge in [-0.05, 0) is 63.1 Å². The fourth-order valence-corrected chi connectivity index (χ4v) is 5.30. The van der Waals surface area contributed by atoms with E-state index in [-0.39, 0.29) is 16.8 Å². The van der Waals surface area contributed by atoms with Gasteiger partial charge in [-0.25, -0.2) is 8.42 Å². The van der Waals surface area contributed by atoms with E-state index in [2.05, 4.69) is 10.6 Å². The smallest absolute Gasteiger partial charge is 0.243 e. The third-order valence-corrected chi connectivity index (χ3v) is 7.50. The van der Waals surface area contributed by atoms with Crippen molar-refractivity contribution in [3.05, 3.63) is 60.4 Å². The zero-order chi connectivity index (χ0) is 22.0. The van der Waals surface area contributed by atoms with Crippen LogP contribution < -0.4 is 10.6 Å². The summed E-state index contributed by atoms with van der Waals surface area (Å²) in [5.41, 5.74) is 1.36. The van der Waals surface area contributed by atoms with Crippen LogP contribution in [0.15, 0.2) is 63.9 Å². The Labute approximate surface area is 182 Å². The highest BCUT2D eigenvalue weighted by Crippen LogP contribution is 2.24. The highest BCUT2D eigenvalue weighted by Gasteiger charge is 2.27. The molecule has 31 heavy (non-hydrogen) atoms. The first kappa shape index (κ1) is 21.5. The molecular formula is C23H27N3O4S. The number of anilines is 1. The number of furan rings is 1. The number of amides is 1. The lowest BCUT2D eigenvalue weighted by molar-refractivity contribution is -0.118. The summed E-state index contributed by atoms with van der Waals surface area (Å²) in [6.07, 6.45) is 1.79. The van der Waals surface area contributed by atoms with Crippen LogP contribution >= 0.6 is 0 Å². The lowest BCUT2D eigenvalue weighted by Gasteiger charge is -2.19. The van der Waals surface area contributed by atoms with Gasteiger partial charge in [0.2, 0.25) is 15.9 Å². The van der Waals surface area contributed by atoms with Gasteiger partial charge >= 0.3 is 0 Å². The third kappa shape index (κ3) is 4.66. The van der Waals surface area contributed by atoms with Gasteiger partial charge in [0.05, 0.1) is 17.0 Å². The van der Waals surface area contributed by atoms with Crippen LogP contribution in [0.3, 0.4) is 0 Å². The van der Waals surface area contributed by atoms with Gasteiger partial charge in [-0.1, -0.05) is 18.2 Å². The summed E-state index contributed by atoms with van der Waals surface area (Å²) in [6, 6.07) is 15.4. The van der Waals surface area contributed by atoms with Crippen molar-refractivity contribution in [3.8, 4) is 0 Å². The van der Waals surface area contributed by atoms with E-state index in [0.29, 0.717) is 18.8 Å². The Morgan fingerprint density at radius 1 is 1.03 bits per heavy atom. The lowest BCUT2D eigenvalue weighted by atomic mass is 10.2. The third-order valence-electron chi connectivity index (χ3n) is 5.59. The maximum absolute atomic E-state index is 12.6. The number of nitrogens with zero attached hydrogens (tertiary/aromatic N) is 1. The molecule has 0 unspecified atom stereocenters. The minimum atomic E-state index is -3.46. The monoisotopic (exact) mass is 441 g/mol. The Morgan fingerprint density at radius 2 is 1.71 bits per heavy atom. The molecule has 2 heterocycles. The standard InChI is InChI=1S/C23H27N3O4S/c1-16(22-15-18-7-3-4-8-21(18)30-22)24-17(2)23(27)25-19-9-11-20(12-10-19)31(28,29)26-13-5-6-14-26/h3-4,7-12,15-17,24H,5-6,13-14H2,1-2H3,(H,25,27)/t16-,17+/m1/s1. The average Bonchev–Trinajstić information content (AvgIpc) is 3.44. The van der Waals surface area contributed by atoms with Crippen molar-refractivity contribution in [2.45, 2.75) is 43.7 Å². The number of sulfonamides is 1. The van der Waals surface area contributed by atoms with Crippen LogP contribution in [0.4, 0.5) is 5.69 Å². The highest BCUT2D eigenvalue weighted by atomic mass is 32.2. The maximum Gasteiger partial charge on any atom is 0.243 e. The Hall–Kier alpha value is -2.68. The fourth-order valence-electron chi connectivity index (χ4n) is 3.79. The number of para-hydroxylation sites is 1. The molecule has 2 atom stereocenters. The molecule has 0 spiro atoms. The van der Waals surface area contributed by atoms with Crippen molar-refractivity contribution in [1.82, 2.24) is 9.62 Å². The zero-order valence-electron chi connectivity index (χ0n) is 17.7. The van der Waals surface area contributed by atoms with Gasteiger partial charge in [-0.2, -0.15) is 4.31 Å². The number of hydrogen-bond donors (Lipinski definition) is 2. The van der Waals surface area contributed by atoms with Gasteiger partial charge in [-0.15, -0.1) is 0 Å². The van der Waals surface area contributed by atoms with E-state index < -0.39 is 16.1 Å². The second-order valence-corrected chi connectivity index (χ2v) is 9.86. The molecule has 1 saturated heterocycles. The molecule has 0 radical (unpaired) electrons. The molecule has 1 fully saturated rings. The summed E-state index contributed by atoms with van der Waals surface area (Å²) in [5.74, 6) is 0.551. The van der Waals surface area contributed by atoms with Crippen LogP contribution in [0.25, 0.3) is 11.0 Å². The lowest BCUT2D eigenvalue weighted by Crippen LogP contribution is -2.39. The van der Waals surface area contributed by atoms with E-state index in [0.717, 1.165) is 29.6 Å². The van der Waals surface area contributed by atoms with Crippen LogP contribution in [-0.2, 0) is 14.8 Å². The van der Waals surface area contributed by atoms with Crippen molar-refractivity contribution in [3.63, 3.8) is 0 Å². The first-order chi connectivity index (χ1) is 14.8. The van der Waals surface area contributed by atoms with Crippen LogP contribution in [0, 0.1) is 0 Å². The summed E-state index contributed by atoms with van der Waals surface area (Å²) in [6.45, 7) is 4.85. The summed E-state index contributed by atoms with van der Waals surface area (Å²) < 4.78 is 32.6. The molecule has 0 aliphatic carbocycles. The Kier molecular flexibility index (Phi) is 6.13. The van der Waals surface area contributed by atoms with E-state index in [4.69, 9.17) is 4.42 Å². The minimum Gasteiger partial charge on any atom is -0.459 e. The van der Waals surface area contributed by atoms with E-state index in [9.17, 15) is 13.2 Å². The predicted octanol–water partition coefficient (Wildman–Crippen LogP) is 3.90. The molecule has 1 amide bonds. The second kappa shape index (κ2) is 8.82. The van der Waals surface area contributed by atoms with Gasteiger partial charge in [0.15, 0.2) is 0 Å². The molecule has 2 N–H and O–H groups in total. The molecule has 1 aliphatic rings. The Morgan fingerprint density at radius 3 is 2.39 bits per heavy atom. The van der Waals surface area contributed by atoms with Gasteiger partial charge < -0.3 is 9.73 Å². The van der Waals surface area contributed by atoms with Gasteiger partial charge in [-0.3, -0.25) is 10.1 Å². The fraction of sp³-hybridized carbons (Fsp3) is 0.348. The van der Waals surface area contributed by atoms with Gasteiger partial charge in [0.25, 0.3) is 0 Å². The normalized spacial score (nSPS) is 17.0.